The van der Waals surface area contributed by atoms with Crippen LogP contribution in [-0.4, -0.2) is 28.0 Å². The number of hydrogen-bond donors (Lipinski definition) is 0. The Labute approximate surface area is 84.9 Å². The van der Waals surface area contributed by atoms with Crippen LogP contribution in [0.2, 0.25) is 0 Å². The average Bonchev–Trinajstić information content (AvgIpc) is 2.12. The van der Waals surface area contributed by atoms with E-state index in [4.69, 9.17) is 0 Å². The van der Waals surface area contributed by atoms with E-state index < -0.39 is 24.0 Å². The highest BCUT2D eigenvalue weighted by molar-refractivity contribution is 5.95. The van der Waals surface area contributed by atoms with Gasteiger partial charge in [0.2, 0.25) is 11.7 Å². The molecule has 1 aromatic heterocycles. The normalized spacial score (nSPS) is 12.4. The highest BCUT2D eigenvalue weighted by Crippen LogP contribution is 2.31. The van der Waals surface area contributed by atoms with Crippen molar-refractivity contribution >= 4 is 11.7 Å². The van der Waals surface area contributed by atoms with E-state index in [-0.39, 0.29) is 0 Å². The van der Waals surface area contributed by atoms with Gasteiger partial charge in [0.25, 0.3) is 0 Å². The molecule has 1 heterocycles. The standard InChI is InChI=1S/C7H3F6N3/c8-6(9,10)4(7(11,12)13)16-5-14-2-1-3-15-5/h1-3H. The highest BCUT2D eigenvalue weighted by Gasteiger charge is 2.53. The summed E-state index contributed by atoms with van der Waals surface area (Å²) in [6.45, 7) is 0. The maximum atomic E-state index is 12.0. The molecule has 0 fully saturated rings. The molecule has 0 unspecified atom stereocenters. The number of nitrogens with zero attached hydrogens (tertiary/aromatic N) is 3. The van der Waals surface area contributed by atoms with Crippen molar-refractivity contribution in [2.75, 3.05) is 0 Å². The van der Waals surface area contributed by atoms with E-state index in [0.29, 0.717) is 0 Å². The summed E-state index contributed by atoms with van der Waals surface area (Å²) in [7, 11) is 0. The molecule has 9 heteroatoms. The Morgan fingerprint density at radius 3 is 1.75 bits per heavy atom. The van der Waals surface area contributed by atoms with E-state index in [2.05, 4.69) is 15.0 Å². The van der Waals surface area contributed by atoms with Crippen LogP contribution in [0.25, 0.3) is 0 Å². The van der Waals surface area contributed by atoms with Crippen LogP contribution in [0.1, 0.15) is 0 Å². The van der Waals surface area contributed by atoms with Gasteiger partial charge >= 0.3 is 12.4 Å². The number of alkyl halides is 6. The summed E-state index contributed by atoms with van der Waals surface area (Å²) in [6.07, 6.45) is -9.23. The summed E-state index contributed by atoms with van der Waals surface area (Å²) in [5.41, 5.74) is -2.88. The third-order valence-corrected chi connectivity index (χ3v) is 1.30. The lowest BCUT2D eigenvalue weighted by atomic mass is 10.3. The topological polar surface area (TPSA) is 38.1 Å². The molecule has 0 aliphatic rings. The lowest BCUT2D eigenvalue weighted by molar-refractivity contribution is -0.117. The van der Waals surface area contributed by atoms with E-state index in [1.165, 1.54) is 6.07 Å². The molecule has 0 aliphatic heterocycles. The summed E-state index contributed by atoms with van der Waals surface area (Å²) in [4.78, 5) is 8.64. The van der Waals surface area contributed by atoms with Gasteiger partial charge in [0, 0.05) is 12.4 Å². The van der Waals surface area contributed by atoms with Crippen LogP contribution in [-0.2, 0) is 0 Å². The molecule has 16 heavy (non-hydrogen) atoms. The zero-order chi connectivity index (χ0) is 12.4. The molecule has 0 radical (unpaired) electrons. The monoisotopic (exact) mass is 243 g/mol. The first kappa shape index (κ1) is 12.4. The first-order chi connectivity index (χ1) is 7.21. The van der Waals surface area contributed by atoms with E-state index in [1.54, 1.807) is 0 Å². The Bertz CT molecular complexity index is 363. The Kier molecular flexibility index (Phi) is 3.15. The summed E-state index contributed by atoms with van der Waals surface area (Å²) >= 11 is 0. The van der Waals surface area contributed by atoms with Crippen LogP contribution >= 0.6 is 0 Å². The third kappa shape index (κ3) is 3.17. The lowest BCUT2D eigenvalue weighted by Crippen LogP contribution is -2.36. The zero-order valence-corrected chi connectivity index (χ0v) is 7.34. The third-order valence-electron chi connectivity index (χ3n) is 1.30. The molecule has 1 aromatic rings. The second-order valence-electron chi connectivity index (χ2n) is 2.50. The van der Waals surface area contributed by atoms with E-state index >= 15 is 0 Å². The second kappa shape index (κ2) is 4.06. The molecule has 0 bridgehead atoms. The fourth-order valence-corrected chi connectivity index (χ4v) is 0.736. The molecule has 0 atom stereocenters. The van der Waals surface area contributed by atoms with Gasteiger partial charge in [0.15, 0.2) is 0 Å². The van der Waals surface area contributed by atoms with Crippen molar-refractivity contribution in [1.82, 2.24) is 9.97 Å². The molecular formula is C7H3F6N3. The van der Waals surface area contributed by atoms with Crippen LogP contribution in [0.15, 0.2) is 23.5 Å². The van der Waals surface area contributed by atoms with Gasteiger partial charge in [-0.15, -0.1) is 0 Å². The molecule has 0 amide bonds. The summed E-state index contributed by atoms with van der Waals surface area (Å²) in [5.74, 6) is -0.896. The molecule has 3 nitrogen and oxygen atoms in total. The van der Waals surface area contributed by atoms with Gasteiger partial charge in [-0.2, -0.15) is 26.3 Å². The number of aromatic nitrogens is 2. The Hall–Kier alpha value is -1.67. The van der Waals surface area contributed by atoms with E-state index in [0.717, 1.165) is 12.4 Å². The van der Waals surface area contributed by atoms with Gasteiger partial charge in [-0.25, -0.2) is 15.0 Å². The van der Waals surface area contributed by atoms with Gasteiger partial charge in [0.1, 0.15) is 0 Å². The molecule has 0 aromatic carbocycles. The van der Waals surface area contributed by atoms with Crippen molar-refractivity contribution in [2.45, 2.75) is 12.4 Å². The number of halogens is 6. The van der Waals surface area contributed by atoms with Crippen molar-refractivity contribution in [3.63, 3.8) is 0 Å². The number of hydrogen-bond acceptors (Lipinski definition) is 3. The number of rotatable bonds is 1. The Balaban J connectivity index is 3.19. The lowest BCUT2D eigenvalue weighted by Gasteiger charge is -2.12. The second-order valence-corrected chi connectivity index (χ2v) is 2.50. The summed E-state index contributed by atoms with van der Waals surface area (Å²) < 4.78 is 72.0. The van der Waals surface area contributed by atoms with Crippen LogP contribution < -0.4 is 0 Å². The fraction of sp³-hybridized carbons (Fsp3) is 0.286. The number of aliphatic imine (C=N–C) groups is 1. The van der Waals surface area contributed by atoms with E-state index in [1.807, 2.05) is 0 Å². The van der Waals surface area contributed by atoms with Crippen LogP contribution in [0.5, 0.6) is 0 Å². The van der Waals surface area contributed by atoms with Crippen LogP contribution in [0.4, 0.5) is 32.3 Å². The fourth-order valence-electron chi connectivity index (χ4n) is 0.736. The predicted molar refractivity (Wildman–Crippen MR) is 41.2 cm³/mol. The quantitative estimate of drug-likeness (QED) is 0.561. The Morgan fingerprint density at radius 1 is 0.938 bits per heavy atom. The minimum Gasteiger partial charge on any atom is -0.220 e. The van der Waals surface area contributed by atoms with E-state index in [9.17, 15) is 26.3 Å². The van der Waals surface area contributed by atoms with Gasteiger partial charge < -0.3 is 0 Å². The van der Waals surface area contributed by atoms with Gasteiger partial charge in [-0.05, 0) is 6.07 Å². The van der Waals surface area contributed by atoms with Gasteiger partial charge in [-0.3, -0.25) is 0 Å². The average molecular weight is 243 g/mol. The van der Waals surface area contributed by atoms with Crippen molar-refractivity contribution in [2.24, 2.45) is 4.99 Å². The molecule has 1 rings (SSSR count). The molecule has 0 saturated carbocycles. The van der Waals surface area contributed by atoms with Crippen molar-refractivity contribution in [3.05, 3.63) is 18.5 Å². The molecule has 0 spiro atoms. The molecule has 0 saturated heterocycles. The summed E-state index contributed by atoms with van der Waals surface area (Å²) in [5, 5.41) is 0. The van der Waals surface area contributed by atoms with Crippen molar-refractivity contribution in [3.8, 4) is 0 Å². The molecular weight excluding hydrogens is 240 g/mol. The largest absolute Gasteiger partial charge is 0.438 e. The molecule has 88 valence electrons. The Morgan fingerprint density at radius 2 is 1.38 bits per heavy atom. The maximum absolute atomic E-state index is 12.0. The van der Waals surface area contributed by atoms with Crippen LogP contribution in [0, 0.1) is 0 Å². The first-order valence-corrected chi connectivity index (χ1v) is 3.71. The molecule has 0 aliphatic carbocycles. The summed E-state index contributed by atoms with van der Waals surface area (Å²) in [6, 6.07) is 1.24. The highest BCUT2D eigenvalue weighted by atomic mass is 19.4. The van der Waals surface area contributed by atoms with Gasteiger partial charge in [-0.1, -0.05) is 0 Å². The van der Waals surface area contributed by atoms with Crippen molar-refractivity contribution in [1.29, 1.82) is 0 Å². The predicted octanol–water partition coefficient (Wildman–Crippen LogP) is 2.67. The SMILES string of the molecule is FC(F)(F)C(=Nc1ncccn1)C(F)(F)F. The minimum absolute atomic E-state index is 0.896. The maximum Gasteiger partial charge on any atom is 0.438 e. The van der Waals surface area contributed by atoms with Crippen LogP contribution in [0.3, 0.4) is 0 Å². The smallest absolute Gasteiger partial charge is 0.220 e. The molecule has 0 N–H and O–H groups in total. The first-order valence-electron chi connectivity index (χ1n) is 3.71. The van der Waals surface area contributed by atoms with Crippen molar-refractivity contribution < 1.29 is 26.3 Å². The van der Waals surface area contributed by atoms with Gasteiger partial charge in [0.05, 0.1) is 0 Å². The zero-order valence-electron chi connectivity index (χ0n) is 7.34. The minimum atomic E-state index is -5.60.